The summed E-state index contributed by atoms with van der Waals surface area (Å²) in [6.45, 7) is 16.1. The lowest BCUT2D eigenvalue weighted by atomic mass is 9.79. The van der Waals surface area contributed by atoms with Crippen LogP contribution in [0.25, 0.3) is 0 Å². The number of aliphatic carboxylic acids is 2. The maximum Gasteiger partial charge on any atom is 0.300 e. The summed E-state index contributed by atoms with van der Waals surface area (Å²) in [4.78, 5) is 20.7. The van der Waals surface area contributed by atoms with Crippen molar-refractivity contribution in [3.63, 3.8) is 0 Å². The zero-order valence-corrected chi connectivity index (χ0v) is 18.2. The molecule has 0 amide bonds. The van der Waals surface area contributed by atoms with E-state index in [0.29, 0.717) is 18.6 Å². The van der Waals surface area contributed by atoms with Crippen molar-refractivity contribution in [3.8, 4) is 0 Å². The molecule has 0 radical (unpaired) electrons. The number of nitrogens with zero attached hydrogens (tertiary/aromatic N) is 1. The van der Waals surface area contributed by atoms with Crippen LogP contribution >= 0.6 is 0 Å². The van der Waals surface area contributed by atoms with Gasteiger partial charge in [-0.25, -0.2) is 0 Å². The molecular formula is C20H39N3O5. The van der Waals surface area contributed by atoms with Gasteiger partial charge in [0, 0.05) is 56.0 Å². The van der Waals surface area contributed by atoms with E-state index in [1.54, 1.807) is 0 Å². The van der Waals surface area contributed by atoms with E-state index in [2.05, 4.69) is 43.2 Å². The number of carboxylic acid groups (broad SMARTS) is 2. The molecule has 0 aromatic heterocycles. The number of nitrogens with one attached hydrogen (secondary N) is 2. The van der Waals surface area contributed by atoms with Gasteiger partial charge in [0.25, 0.3) is 11.9 Å². The van der Waals surface area contributed by atoms with Crippen molar-refractivity contribution in [1.82, 2.24) is 15.5 Å². The summed E-state index contributed by atoms with van der Waals surface area (Å²) in [5.41, 5.74) is 0.530. The molecule has 3 heterocycles. The molecule has 0 aromatic rings. The van der Waals surface area contributed by atoms with Gasteiger partial charge < -0.3 is 26.0 Å². The predicted octanol–water partition coefficient (Wildman–Crippen LogP) is 0.991. The summed E-state index contributed by atoms with van der Waals surface area (Å²) in [6.07, 6.45) is 2.41. The average Bonchev–Trinajstić information content (AvgIpc) is 2.99. The quantitative estimate of drug-likeness (QED) is 0.464. The second kappa shape index (κ2) is 9.52. The fourth-order valence-electron chi connectivity index (χ4n) is 5.09. The molecule has 0 aromatic carbocycles. The van der Waals surface area contributed by atoms with Crippen LogP contribution in [0.5, 0.6) is 0 Å². The topological polar surface area (TPSA) is 122 Å². The highest BCUT2D eigenvalue weighted by Gasteiger charge is 2.52. The summed E-state index contributed by atoms with van der Waals surface area (Å²) in [6, 6.07) is 0.648. The van der Waals surface area contributed by atoms with Crippen molar-refractivity contribution < 1.29 is 24.9 Å². The van der Waals surface area contributed by atoms with E-state index in [9.17, 15) is 5.11 Å². The third-order valence-corrected chi connectivity index (χ3v) is 5.71. The summed E-state index contributed by atoms with van der Waals surface area (Å²) >= 11 is 0. The van der Waals surface area contributed by atoms with Crippen LogP contribution in [0.2, 0.25) is 0 Å². The van der Waals surface area contributed by atoms with Crippen molar-refractivity contribution in [2.75, 3.05) is 32.8 Å². The van der Waals surface area contributed by atoms with Gasteiger partial charge in [-0.3, -0.25) is 14.5 Å². The molecule has 2 unspecified atom stereocenters. The first-order valence-electron chi connectivity index (χ1n) is 9.96. The molecule has 0 bridgehead atoms. The fraction of sp³-hybridized carbons (Fsp3) is 0.900. The number of rotatable bonds is 2. The Bertz CT molecular complexity index is 516. The molecule has 2 atom stereocenters. The van der Waals surface area contributed by atoms with E-state index >= 15 is 0 Å². The third kappa shape index (κ3) is 7.31. The standard InChI is InChI=1S/C16H31N3O.2C2H4O2/c1-14(2)5-13(6-15(3,4)18-14)19-8-12-7-17-9-16(12,10-19)11-20;2*1-2(3)4/h12-13,17-18,20H,5-11H2,1-4H3;2*1H3,(H,3,4). The molecule has 3 aliphatic heterocycles. The van der Waals surface area contributed by atoms with Gasteiger partial charge in [-0.1, -0.05) is 0 Å². The van der Waals surface area contributed by atoms with E-state index in [1.807, 2.05) is 0 Å². The van der Waals surface area contributed by atoms with Gasteiger partial charge in [0.1, 0.15) is 0 Å². The van der Waals surface area contributed by atoms with E-state index < -0.39 is 11.9 Å². The minimum Gasteiger partial charge on any atom is -0.481 e. The monoisotopic (exact) mass is 401 g/mol. The van der Waals surface area contributed by atoms with E-state index in [-0.39, 0.29) is 16.5 Å². The number of aliphatic hydroxyl groups excluding tert-OH is 1. The van der Waals surface area contributed by atoms with E-state index in [0.717, 1.165) is 40.0 Å². The smallest absolute Gasteiger partial charge is 0.300 e. The number of hydrogen-bond donors (Lipinski definition) is 5. The van der Waals surface area contributed by atoms with Crippen molar-refractivity contribution in [2.45, 2.75) is 71.5 Å². The molecule has 3 aliphatic rings. The molecular weight excluding hydrogens is 362 g/mol. The lowest BCUT2D eigenvalue weighted by Gasteiger charge is -2.49. The number of fused-ring (bicyclic) bond motifs is 1. The number of carboxylic acids is 2. The second-order valence-corrected chi connectivity index (χ2v) is 9.77. The number of hydrogen-bond acceptors (Lipinski definition) is 6. The largest absolute Gasteiger partial charge is 0.481 e. The maximum absolute atomic E-state index is 9.87. The normalized spacial score (nSPS) is 31.0. The van der Waals surface area contributed by atoms with Crippen LogP contribution in [0.3, 0.4) is 0 Å². The van der Waals surface area contributed by atoms with Gasteiger partial charge in [-0.05, 0) is 53.0 Å². The molecule has 3 fully saturated rings. The second-order valence-electron chi connectivity index (χ2n) is 9.77. The van der Waals surface area contributed by atoms with Crippen LogP contribution in [0, 0.1) is 11.3 Å². The van der Waals surface area contributed by atoms with Crippen LogP contribution in [0.1, 0.15) is 54.4 Å². The summed E-state index contributed by atoms with van der Waals surface area (Å²) in [7, 11) is 0. The van der Waals surface area contributed by atoms with Crippen LogP contribution < -0.4 is 10.6 Å². The Morgan fingerprint density at radius 1 is 1.04 bits per heavy atom. The van der Waals surface area contributed by atoms with Gasteiger partial charge in [0.05, 0.1) is 6.61 Å². The molecule has 3 saturated heterocycles. The molecule has 8 heteroatoms. The van der Waals surface area contributed by atoms with Gasteiger partial charge in [0.2, 0.25) is 0 Å². The third-order valence-electron chi connectivity index (χ3n) is 5.71. The number of piperidine rings is 1. The molecule has 3 rings (SSSR count). The first-order chi connectivity index (χ1) is 12.7. The molecule has 28 heavy (non-hydrogen) atoms. The maximum atomic E-state index is 9.87. The highest BCUT2D eigenvalue weighted by molar-refractivity contribution is 5.63. The van der Waals surface area contributed by atoms with Crippen LogP contribution in [0.4, 0.5) is 0 Å². The summed E-state index contributed by atoms with van der Waals surface area (Å²) < 4.78 is 0. The SMILES string of the molecule is CC(=O)O.CC(=O)O.CC1(C)CC(N2CC3CNCC3(CO)C2)CC(C)(C)N1. The van der Waals surface area contributed by atoms with Crippen LogP contribution in [-0.2, 0) is 9.59 Å². The van der Waals surface area contributed by atoms with Crippen molar-refractivity contribution in [3.05, 3.63) is 0 Å². The predicted molar refractivity (Wildman–Crippen MR) is 108 cm³/mol. The fourth-order valence-corrected chi connectivity index (χ4v) is 5.09. The van der Waals surface area contributed by atoms with E-state index in [1.165, 1.54) is 12.8 Å². The number of carbonyl (C=O) groups is 2. The molecule has 0 saturated carbocycles. The Morgan fingerprint density at radius 3 is 1.89 bits per heavy atom. The highest BCUT2D eigenvalue weighted by Crippen LogP contribution is 2.42. The highest BCUT2D eigenvalue weighted by atomic mass is 16.4. The first-order valence-corrected chi connectivity index (χ1v) is 9.96. The van der Waals surface area contributed by atoms with Crippen molar-refractivity contribution >= 4 is 11.9 Å². The lowest BCUT2D eigenvalue weighted by Crippen LogP contribution is -2.62. The van der Waals surface area contributed by atoms with Gasteiger partial charge in [-0.15, -0.1) is 0 Å². The van der Waals surface area contributed by atoms with Gasteiger partial charge >= 0.3 is 0 Å². The Labute approximate surface area is 168 Å². The van der Waals surface area contributed by atoms with E-state index in [4.69, 9.17) is 19.8 Å². The van der Waals surface area contributed by atoms with Gasteiger partial charge in [-0.2, -0.15) is 0 Å². The Hall–Kier alpha value is -1.22. The van der Waals surface area contributed by atoms with Crippen molar-refractivity contribution in [1.29, 1.82) is 0 Å². The van der Waals surface area contributed by atoms with Crippen molar-refractivity contribution in [2.24, 2.45) is 11.3 Å². The van der Waals surface area contributed by atoms with Crippen LogP contribution in [0.15, 0.2) is 0 Å². The van der Waals surface area contributed by atoms with Crippen LogP contribution in [-0.4, -0.2) is 82.1 Å². The average molecular weight is 402 g/mol. The number of aliphatic hydroxyl groups is 1. The molecule has 5 N–H and O–H groups in total. The Morgan fingerprint density at radius 2 is 1.50 bits per heavy atom. The molecule has 164 valence electrons. The summed E-state index contributed by atoms with van der Waals surface area (Å²) in [5.74, 6) is -1.03. The zero-order valence-electron chi connectivity index (χ0n) is 18.2. The Kier molecular flexibility index (Phi) is 8.44. The molecule has 0 spiro atoms. The molecule has 0 aliphatic carbocycles. The first kappa shape index (κ1) is 24.8. The zero-order chi connectivity index (χ0) is 21.8. The minimum atomic E-state index is -0.833. The Balaban J connectivity index is 0.000000420. The lowest BCUT2D eigenvalue weighted by molar-refractivity contribution is -0.135. The molecule has 8 nitrogen and oxygen atoms in total. The van der Waals surface area contributed by atoms with Gasteiger partial charge in [0.15, 0.2) is 0 Å². The minimum absolute atomic E-state index is 0.124. The summed E-state index contributed by atoms with van der Waals surface area (Å²) in [5, 5.41) is 31.9. The number of likely N-dealkylation sites (tertiary alicyclic amines) is 1.